The molecular formula is C56H44. The molecule has 0 fully saturated rings. The molecule has 0 N–H and O–H groups in total. The van der Waals surface area contributed by atoms with E-state index < -0.39 is 0 Å². The van der Waals surface area contributed by atoms with Crippen molar-refractivity contribution in [2.75, 3.05) is 0 Å². The number of hydrogen-bond donors (Lipinski definition) is 0. The minimum absolute atomic E-state index is 0.0504. The maximum absolute atomic E-state index is 2.61. The van der Waals surface area contributed by atoms with E-state index in [-0.39, 0.29) is 10.8 Å². The van der Waals surface area contributed by atoms with Crippen LogP contribution in [-0.4, -0.2) is 0 Å². The van der Waals surface area contributed by atoms with Gasteiger partial charge in [-0.25, -0.2) is 0 Å². The second-order valence-corrected chi connectivity index (χ2v) is 18.8. The lowest BCUT2D eigenvalue weighted by Crippen LogP contribution is -2.23. The Morgan fingerprint density at radius 3 is 1.45 bits per heavy atom. The largest absolute Gasteiger partial charge is 0.0729 e. The summed E-state index contributed by atoms with van der Waals surface area (Å²) in [5.74, 6) is 0.670. The van der Waals surface area contributed by atoms with Gasteiger partial charge >= 0.3 is 0 Å². The molecule has 0 heteroatoms. The first-order valence-corrected chi connectivity index (χ1v) is 20.4. The fourth-order valence-corrected chi connectivity index (χ4v) is 10.9. The maximum atomic E-state index is 2.61. The van der Waals surface area contributed by atoms with Crippen LogP contribution in [0.4, 0.5) is 0 Å². The lowest BCUT2D eigenvalue weighted by atomic mass is 9.68. The van der Waals surface area contributed by atoms with Crippen molar-refractivity contribution < 1.29 is 0 Å². The highest BCUT2D eigenvalue weighted by atomic mass is 14.5. The molecule has 8 aromatic carbocycles. The van der Waals surface area contributed by atoms with Crippen molar-refractivity contribution in [3.8, 4) is 44.5 Å². The molecule has 0 aliphatic heterocycles. The van der Waals surface area contributed by atoms with E-state index in [4.69, 9.17) is 0 Å². The van der Waals surface area contributed by atoms with Gasteiger partial charge in [-0.2, -0.15) is 0 Å². The smallest absolute Gasteiger partial charge is 0.0200 e. The van der Waals surface area contributed by atoms with E-state index in [1.54, 1.807) is 0 Å². The average Bonchev–Trinajstić information content (AvgIpc) is 3.69. The third kappa shape index (κ3) is 4.25. The first-order valence-electron chi connectivity index (χ1n) is 20.4. The first-order chi connectivity index (χ1) is 27.0. The third-order valence-electron chi connectivity index (χ3n) is 13.5. The molecule has 4 aliphatic rings. The van der Waals surface area contributed by atoms with Crippen LogP contribution in [-0.2, 0) is 0 Å². The molecule has 8 aromatic rings. The van der Waals surface area contributed by atoms with Gasteiger partial charge in [0.25, 0.3) is 0 Å². The van der Waals surface area contributed by atoms with Gasteiger partial charge in [0.1, 0.15) is 0 Å². The van der Waals surface area contributed by atoms with Gasteiger partial charge in [-0.3, -0.25) is 0 Å². The van der Waals surface area contributed by atoms with Crippen molar-refractivity contribution in [3.63, 3.8) is 0 Å². The van der Waals surface area contributed by atoms with E-state index in [1.165, 1.54) is 121 Å². The number of benzene rings is 8. The van der Waals surface area contributed by atoms with Crippen LogP contribution in [0.25, 0.3) is 98.7 Å². The summed E-state index contributed by atoms with van der Waals surface area (Å²) >= 11 is 0. The van der Waals surface area contributed by atoms with E-state index >= 15 is 0 Å². The molecule has 4 aliphatic carbocycles. The van der Waals surface area contributed by atoms with Gasteiger partial charge in [-0.05, 0) is 150 Å². The first kappa shape index (κ1) is 32.3. The van der Waals surface area contributed by atoms with Gasteiger partial charge in [0, 0.05) is 11.8 Å². The Balaban J connectivity index is 1.28. The van der Waals surface area contributed by atoms with Crippen LogP contribution in [0.1, 0.15) is 52.7 Å². The van der Waals surface area contributed by atoms with E-state index in [1.807, 2.05) is 0 Å². The zero-order valence-electron chi connectivity index (χ0n) is 33.0. The van der Waals surface area contributed by atoms with E-state index in [0.29, 0.717) is 11.8 Å². The second-order valence-electron chi connectivity index (χ2n) is 18.8. The summed E-state index contributed by atoms with van der Waals surface area (Å²) in [5, 5.41) is 10.8. The summed E-state index contributed by atoms with van der Waals surface area (Å²) in [4.78, 5) is 0. The predicted octanol–water partition coefficient (Wildman–Crippen LogP) is 15.7. The normalized spacial score (nSPS) is 18.2. The van der Waals surface area contributed by atoms with Crippen molar-refractivity contribution in [1.82, 2.24) is 0 Å². The lowest BCUT2D eigenvalue weighted by Gasteiger charge is -2.36. The SMILES string of the molecule is CC(C)(C)C1=CC2C=C(C(C)(C)C)C=C3c4cc5c(-c6ccccc6)c6c(c(-c7ccccc7)c5cc4C(=C1)C32)-c1ccc2ccc3cccc4cc-6c1c2c34. The minimum atomic E-state index is 0.0504. The molecule has 2 unspecified atom stereocenters. The van der Waals surface area contributed by atoms with Gasteiger partial charge in [-0.15, -0.1) is 0 Å². The molecular weight excluding hydrogens is 673 g/mol. The van der Waals surface area contributed by atoms with Gasteiger partial charge in [0.2, 0.25) is 0 Å². The summed E-state index contributed by atoms with van der Waals surface area (Å²) in [6.07, 6.45) is 10.3. The monoisotopic (exact) mass is 716 g/mol. The Morgan fingerprint density at radius 1 is 0.393 bits per heavy atom. The summed E-state index contributed by atoms with van der Waals surface area (Å²) in [6, 6.07) is 46.5. The molecule has 0 bridgehead atoms. The van der Waals surface area contributed by atoms with Crippen molar-refractivity contribution in [2.45, 2.75) is 41.5 Å². The topological polar surface area (TPSA) is 0 Å². The van der Waals surface area contributed by atoms with E-state index in [0.717, 1.165) is 0 Å². The highest BCUT2D eigenvalue weighted by molar-refractivity contribution is 6.36. The molecule has 0 saturated heterocycles. The average molecular weight is 717 g/mol. The quantitative estimate of drug-likeness (QED) is 0.156. The lowest BCUT2D eigenvalue weighted by molar-refractivity contribution is 0.491. The molecule has 12 rings (SSSR count). The summed E-state index contributed by atoms with van der Waals surface area (Å²) in [6.45, 7) is 14.2. The van der Waals surface area contributed by atoms with Crippen LogP contribution in [0, 0.1) is 22.7 Å². The molecule has 2 atom stereocenters. The Hall–Kier alpha value is -5.98. The molecule has 0 aromatic heterocycles. The van der Waals surface area contributed by atoms with E-state index in [2.05, 4.69) is 187 Å². The molecule has 0 heterocycles. The summed E-state index contributed by atoms with van der Waals surface area (Å²) < 4.78 is 0. The Morgan fingerprint density at radius 2 is 0.893 bits per heavy atom. The molecule has 268 valence electrons. The van der Waals surface area contributed by atoms with Gasteiger partial charge in [0.15, 0.2) is 0 Å². The molecule has 0 saturated carbocycles. The number of hydrogen-bond acceptors (Lipinski definition) is 0. The number of fused-ring (bicyclic) bond motifs is 7. The zero-order chi connectivity index (χ0) is 37.8. The van der Waals surface area contributed by atoms with Crippen LogP contribution in [0.15, 0.2) is 157 Å². The fraction of sp³-hybridized carbons (Fsp3) is 0.179. The summed E-state index contributed by atoms with van der Waals surface area (Å²) in [5.41, 5.74) is 19.4. The molecule has 56 heavy (non-hydrogen) atoms. The molecule has 0 amide bonds. The third-order valence-corrected chi connectivity index (χ3v) is 13.5. The second kappa shape index (κ2) is 10.9. The summed E-state index contributed by atoms with van der Waals surface area (Å²) in [7, 11) is 0. The van der Waals surface area contributed by atoms with Crippen LogP contribution < -0.4 is 0 Å². The van der Waals surface area contributed by atoms with Crippen molar-refractivity contribution in [1.29, 1.82) is 0 Å². The van der Waals surface area contributed by atoms with Crippen molar-refractivity contribution >= 4 is 54.2 Å². The standard InChI is InChI=1S/C56H44/c1-55(2,3)37-24-36-25-38(56(4,5)6)28-43-41-30-45-44(29-40(41)42(27-37)48(36)43)49(31-14-9-7-10-15-31)53-39-23-22-34-21-20-33-18-13-19-35-26-46(52(39)51(34)47(33)35)54(53)50(45)32-16-11-8-12-17-32/h7-30,36,48H,1-6H3. The van der Waals surface area contributed by atoms with Crippen LogP contribution in [0.5, 0.6) is 0 Å². The highest BCUT2D eigenvalue weighted by Gasteiger charge is 2.43. The van der Waals surface area contributed by atoms with Crippen molar-refractivity contribution in [3.05, 3.63) is 168 Å². The van der Waals surface area contributed by atoms with Gasteiger partial charge in [-0.1, -0.05) is 169 Å². The molecule has 0 radical (unpaired) electrons. The molecule has 0 spiro atoms. The maximum Gasteiger partial charge on any atom is 0.0200 e. The highest BCUT2D eigenvalue weighted by Crippen LogP contribution is 2.62. The predicted molar refractivity (Wildman–Crippen MR) is 241 cm³/mol. The van der Waals surface area contributed by atoms with Crippen LogP contribution in [0.3, 0.4) is 0 Å². The Kier molecular flexibility index (Phi) is 6.26. The Labute approximate surface area is 329 Å². The van der Waals surface area contributed by atoms with Crippen LogP contribution >= 0.6 is 0 Å². The Bertz CT molecular complexity index is 3160. The molecule has 0 nitrogen and oxygen atoms in total. The number of allylic oxidation sites excluding steroid dienone is 8. The van der Waals surface area contributed by atoms with E-state index in [9.17, 15) is 0 Å². The van der Waals surface area contributed by atoms with Crippen LogP contribution in [0.2, 0.25) is 0 Å². The number of rotatable bonds is 2. The van der Waals surface area contributed by atoms with Crippen molar-refractivity contribution in [2.24, 2.45) is 22.7 Å². The fourth-order valence-electron chi connectivity index (χ4n) is 10.9. The minimum Gasteiger partial charge on any atom is -0.0729 e. The van der Waals surface area contributed by atoms with Gasteiger partial charge < -0.3 is 0 Å². The zero-order valence-corrected chi connectivity index (χ0v) is 33.0. The van der Waals surface area contributed by atoms with Gasteiger partial charge in [0.05, 0.1) is 0 Å².